The minimum absolute atomic E-state index is 0.186. The molecule has 1 aromatic heterocycles. The van der Waals surface area contributed by atoms with Gasteiger partial charge in [0.05, 0.1) is 11.4 Å². The lowest BCUT2D eigenvalue weighted by molar-refractivity contribution is -0.127. The first-order valence-electron chi connectivity index (χ1n) is 8.81. The van der Waals surface area contributed by atoms with E-state index in [2.05, 4.69) is 28.8 Å². The average molecular weight is 343 g/mol. The minimum atomic E-state index is 0.186. The van der Waals surface area contributed by atoms with E-state index in [4.69, 9.17) is 4.98 Å². The largest absolute Gasteiger partial charge is 0.343 e. The number of amides is 1. The number of thioether (sulfide) groups is 1. The number of aryl methyl sites for hydroxylation is 1. The van der Waals surface area contributed by atoms with Crippen LogP contribution in [0.5, 0.6) is 0 Å². The summed E-state index contributed by atoms with van der Waals surface area (Å²) >= 11 is 1.56. The third-order valence-electron chi connectivity index (χ3n) is 4.56. The number of rotatable bonds is 6. The van der Waals surface area contributed by atoms with Gasteiger partial charge in [-0.25, -0.2) is 4.98 Å². The number of hydrogen-bond acceptors (Lipinski definition) is 3. The summed E-state index contributed by atoms with van der Waals surface area (Å²) in [5, 5.41) is 0.952. The van der Waals surface area contributed by atoms with Gasteiger partial charge in [-0.2, -0.15) is 0 Å². The Kier molecular flexibility index (Phi) is 5.61. The summed E-state index contributed by atoms with van der Waals surface area (Å²) in [4.78, 5) is 19.1. The molecule has 0 saturated heterocycles. The van der Waals surface area contributed by atoms with Gasteiger partial charge in [0.15, 0.2) is 5.16 Å². The van der Waals surface area contributed by atoms with Crippen molar-refractivity contribution >= 4 is 17.7 Å². The third-order valence-corrected chi connectivity index (χ3v) is 5.48. The Labute approximate surface area is 148 Å². The molecule has 0 N–H and O–H groups in total. The highest BCUT2D eigenvalue weighted by Crippen LogP contribution is 2.30. The van der Waals surface area contributed by atoms with Crippen LogP contribution in [-0.2, 0) is 17.6 Å². The molecule has 1 aromatic carbocycles. The summed E-state index contributed by atoms with van der Waals surface area (Å²) < 4.78 is 2.26. The van der Waals surface area contributed by atoms with E-state index in [-0.39, 0.29) is 5.91 Å². The highest BCUT2D eigenvalue weighted by molar-refractivity contribution is 7.99. The highest BCUT2D eigenvalue weighted by atomic mass is 32.2. The lowest BCUT2D eigenvalue weighted by atomic mass is 10.0. The third kappa shape index (κ3) is 3.51. The molecule has 5 heteroatoms. The number of benzene rings is 1. The van der Waals surface area contributed by atoms with Crippen molar-refractivity contribution in [2.45, 2.75) is 44.7 Å². The van der Waals surface area contributed by atoms with Crippen LogP contribution in [0.4, 0.5) is 0 Å². The van der Waals surface area contributed by atoms with Crippen LogP contribution < -0.4 is 0 Å². The molecule has 0 saturated carbocycles. The maximum Gasteiger partial charge on any atom is 0.233 e. The molecule has 24 heavy (non-hydrogen) atoms. The Bertz CT molecular complexity index is 692. The Morgan fingerprint density at radius 1 is 1.17 bits per heavy atom. The fourth-order valence-corrected chi connectivity index (χ4v) is 4.20. The monoisotopic (exact) mass is 343 g/mol. The van der Waals surface area contributed by atoms with E-state index in [0.29, 0.717) is 5.75 Å². The zero-order valence-electron chi connectivity index (χ0n) is 14.5. The number of para-hydroxylation sites is 1. The van der Waals surface area contributed by atoms with Crippen molar-refractivity contribution in [3.8, 4) is 5.69 Å². The molecule has 0 bridgehead atoms. The Morgan fingerprint density at radius 3 is 2.58 bits per heavy atom. The van der Waals surface area contributed by atoms with Crippen molar-refractivity contribution in [2.75, 3.05) is 18.8 Å². The molecular formula is C19H25N3OS. The standard InChI is InChI=1S/C19H25N3OS/c1-3-21(4-2)18(23)14-24-19-20-16-12-8-9-13-17(16)22(19)15-10-6-5-7-11-15/h5-7,10-11H,3-4,8-9,12-14H2,1-2H3. The van der Waals surface area contributed by atoms with Crippen molar-refractivity contribution in [1.29, 1.82) is 0 Å². The summed E-state index contributed by atoms with van der Waals surface area (Å²) in [7, 11) is 0. The number of nitrogens with zero attached hydrogens (tertiary/aromatic N) is 3. The molecule has 0 aliphatic heterocycles. The summed E-state index contributed by atoms with van der Waals surface area (Å²) in [6.45, 7) is 5.57. The van der Waals surface area contributed by atoms with Gasteiger partial charge in [-0.15, -0.1) is 0 Å². The van der Waals surface area contributed by atoms with Crippen LogP contribution in [-0.4, -0.2) is 39.2 Å². The molecule has 1 aliphatic carbocycles. The van der Waals surface area contributed by atoms with Crippen molar-refractivity contribution in [2.24, 2.45) is 0 Å². The molecule has 0 atom stereocenters. The molecule has 1 aliphatic rings. The minimum Gasteiger partial charge on any atom is -0.343 e. The molecular weight excluding hydrogens is 318 g/mol. The van der Waals surface area contributed by atoms with Crippen LogP contribution in [0.25, 0.3) is 5.69 Å². The van der Waals surface area contributed by atoms with Gasteiger partial charge < -0.3 is 4.90 Å². The molecule has 0 fully saturated rings. The molecule has 1 heterocycles. The summed E-state index contributed by atoms with van der Waals surface area (Å²) in [5.74, 6) is 0.635. The average Bonchev–Trinajstić information content (AvgIpc) is 3.00. The van der Waals surface area contributed by atoms with Crippen molar-refractivity contribution in [3.63, 3.8) is 0 Å². The van der Waals surface area contributed by atoms with Crippen LogP contribution in [0, 0.1) is 0 Å². The van der Waals surface area contributed by atoms with E-state index in [0.717, 1.165) is 36.8 Å². The lowest BCUT2D eigenvalue weighted by Crippen LogP contribution is -2.31. The van der Waals surface area contributed by atoms with Gasteiger partial charge in [-0.3, -0.25) is 9.36 Å². The lowest BCUT2D eigenvalue weighted by Gasteiger charge is -2.18. The van der Waals surface area contributed by atoms with Gasteiger partial charge >= 0.3 is 0 Å². The van der Waals surface area contributed by atoms with Gasteiger partial charge in [0.1, 0.15) is 0 Å². The molecule has 0 radical (unpaired) electrons. The fraction of sp³-hybridized carbons (Fsp3) is 0.474. The maximum atomic E-state index is 12.3. The van der Waals surface area contributed by atoms with Crippen LogP contribution in [0.2, 0.25) is 0 Å². The van der Waals surface area contributed by atoms with E-state index in [9.17, 15) is 4.79 Å². The summed E-state index contributed by atoms with van der Waals surface area (Å²) in [6.07, 6.45) is 4.55. The number of imidazole rings is 1. The molecule has 128 valence electrons. The molecule has 1 amide bonds. The topological polar surface area (TPSA) is 38.1 Å². The van der Waals surface area contributed by atoms with Crippen LogP contribution in [0.1, 0.15) is 38.1 Å². The van der Waals surface area contributed by atoms with Gasteiger partial charge in [-0.05, 0) is 51.7 Å². The first-order valence-corrected chi connectivity index (χ1v) is 9.79. The normalized spacial score (nSPS) is 13.6. The number of carbonyl (C=O) groups excluding carboxylic acids is 1. The number of hydrogen-bond donors (Lipinski definition) is 0. The van der Waals surface area contributed by atoms with E-state index >= 15 is 0 Å². The summed E-state index contributed by atoms with van der Waals surface area (Å²) in [5.41, 5.74) is 3.68. The number of aromatic nitrogens is 2. The van der Waals surface area contributed by atoms with Gasteiger partial charge in [0.2, 0.25) is 5.91 Å². The second-order valence-electron chi connectivity index (χ2n) is 6.02. The van der Waals surface area contributed by atoms with E-state index in [1.165, 1.54) is 24.2 Å². The summed E-state index contributed by atoms with van der Waals surface area (Å²) in [6, 6.07) is 10.4. The molecule has 2 aromatic rings. The Hall–Kier alpha value is -1.75. The van der Waals surface area contributed by atoms with Gasteiger partial charge in [0.25, 0.3) is 0 Å². The van der Waals surface area contributed by atoms with Gasteiger partial charge in [-0.1, -0.05) is 30.0 Å². The van der Waals surface area contributed by atoms with Crippen LogP contribution >= 0.6 is 11.8 Å². The number of carbonyl (C=O) groups is 1. The zero-order chi connectivity index (χ0) is 16.9. The van der Waals surface area contributed by atoms with Gasteiger partial charge in [0, 0.05) is 24.5 Å². The predicted octanol–water partition coefficient (Wildman–Crippen LogP) is 3.71. The SMILES string of the molecule is CCN(CC)C(=O)CSc1nc2c(n1-c1ccccc1)CCCC2. The van der Waals surface area contributed by atoms with E-state index < -0.39 is 0 Å². The first kappa shape index (κ1) is 17.1. The first-order chi connectivity index (χ1) is 11.7. The maximum absolute atomic E-state index is 12.3. The van der Waals surface area contributed by atoms with E-state index in [1.807, 2.05) is 24.8 Å². The molecule has 4 nitrogen and oxygen atoms in total. The smallest absolute Gasteiger partial charge is 0.233 e. The zero-order valence-corrected chi connectivity index (χ0v) is 15.3. The Balaban J connectivity index is 1.87. The van der Waals surface area contributed by atoms with Crippen LogP contribution in [0.3, 0.4) is 0 Å². The quantitative estimate of drug-likeness (QED) is 0.751. The van der Waals surface area contributed by atoms with E-state index in [1.54, 1.807) is 11.8 Å². The second-order valence-corrected chi connectivity index (χ2v) is 6.96. The van der Waals surface area contributed by atoms with Crippen molar-refractivity contribution < 1.29 is 4.79 Å². The second kappa shape index (κ2) is 7.88. The fourth-order valence-electron chi connectivity index (χ4n) is 3.25. The number of fused-ring (bicyclic) bond motifs is 1. The van der Waals surface area contributed by atoms with Crippen molar-refractivity contribution in [1.82, 2.24) is 14.5 Å². The molecule has 0 spiro atoms. The van der Waals surface area contributed by atoms with Crippen LogP contribution in [0.15, 0.2) is 35.5 Å². The highest BCUT2D eigenvalue weighted by Gasteiger charge is 2.22. The Morgan fingerprint density at radius 2 is 1.88 bits per heavy atom. The van der Waals surface area contributed by atoms with Crippen molar-refractivity contribution in [3.05, 3.63) is 41.7 Å². The predicted molar refractivity (Wildman–Crippen MR) is 98.9 cm³/mol. The molecule has 0 unspecified atom stereocenters. The molecule has 3 rings (SSSR count).